The van der Waals surface area contributed by atoms with E-state index in [1.807, 2.05) is 30.3 Å². The summed E-state index contributed by atoms with van der Waals surface area (Å²) >= 11 is 0. The highest BCUT2D eigenvalue weighted by Crippen LogP contribution is 2.15. The van der Waals surface area contributed by atoms with E-state index in [1.54, 1.807) is 0 Å². The normalized spacial score (nSPS) is 15.8. The Balaban J connectivity index is 2.18. The second-order valence-corrected chi connectivity index (χ2v) is 3.29. The van der Waals surface area contributed by atoms with E-state index >= 15 is 0 Å². The van der Waals surface area contributed by atoms with Crippen molar-refractivity contribution < 1.29 is 14.8 Å². The van der Waals surface area contributed by atoms with Crippen molar-refractivity contribution in [3.63, 3.8) is 0 Å². The van der Waals surface area contributed by atoms with E-state index < -0.39 is 11.8 Å². The van der Waals surface area contributed by atoms with Gasteiger partial charge >= 0.3 is 0 Å². The molecule has 4 nitrogen and oxygen atoms in total. The second-order valence-electron chi connectivity index (χ2n) is 3.29. The predicted molar refractivity (Wildman–Crippen MR) is 51.9 cm³/mol. The number of hydroxylamine groups is 2. The summed E-state index contributed by atoms with van der Waals surface area (Å²) < 4.78 is 0. The van der Waals surface area contributed by atoms with Crippen molar-refractivity contribution in [2.75, 3.05) is 0 Å². The van der Waals surface area contributed by atoms with Gasteiger partial charge in [-0.25, -0.2) is 0 Å². The molecule has 1 aromatic carbocycles. The number of carbonyl (C=O) groups excluding carboxylic acids is 2. The standard InChI is InChI=1S/C11H9NO3/c13-10-7-9(11(14)12(10)15)6-8-4-2-1-3-5-8/h1-5,7,15H,6H2. The Morgan fingerprint density at radius 1 is 1.13 bits per heavy atom. The van der Waals surface area contributed by atoms with Crippen LogP contribution in [0.3, 0.4) is 0 Å². The zero-order valence-electron chi connectivity index (χ0n) is 7.88. The maximum atomic E-state index is 11.3. The SMILES string of the molecule is O=C1C=C(Cc2ccccc2)C(=O)N1O. The van der Waals surface area contributed by atoms with Crippen LogP contribution in [-0.4, -0.2) is 22.1 Å². The molecule has 0 fully saturated rings. The first-order valence-electron chi connectivity index (χ1n) is 4.50. The largest absolute Gasteiger partial charge is 0.281 e. The first-order valence-corrected chi connectivity index (χ1v) is 4.50. The molecule has 0 spiro atoms. The van der Waals surface area contributed by atoms with Crippen LogP contribution in [0.5, 0.6) is 0 Å². The number of nitrogens with zero attached hydrogens (tertiary/aromatic N) is 1. The lowest BCUT2D eigenvalue weighted by Gasteiger charge is -2.04. The van der Waals surface area contributed by atoms with E-state index in [-0.39, 0.29) is 5.06 Å². The fraction of sp³-hybridized carbons (Fsp3) is 0.0909. The molecule has 1 aliphatic rings. The highest BCUT2D eigenvalue weighted by atomic mass is 16.5. The molecule has 1 aromatic rings. The third-order valence-corrected chi connectivity index (χ3v) is 2.21. The Morgan fingerprint density at radius 2 is 1.80 bits per heavy atom. The van der Waals surface area contributed by atoms with Crippen LogP contribution in [0.25, 0.3) is 0 Å². The number of hydrogen-bond donors (Lipinski definition) is 1. The van der Waals surface area contributed by atoms with E-state index in [0.717, 1.165) is 11.6 Å². The summed E-state index contributed by atoms with van der Waals surface area (Å²) in [5.74, 6) is -1.31. The molecule has 1 heterocycles. The summed E-state index contributed by atoms with van der Waals surface area (Å²) in [6, 6.07) is 9.30. The molecule has 1 aliphatic heterocycles. The predicted octanol–water partition coefficient (Wildman–Crippen LogP) is 0.913. The Labute approximate surface area is 86.4 Å². The fourth-order valence-electron chi connectivity index (χ4n) is 1.45. The van der Waals surface area contributed by atoms with Crippen molar-refractivity contribution in [1.29, 1.82) is 0 Å². The second kappa shape index (κ2) is 3.67. The quantitative estimate of drug-likeness (QED) is 0.574. The molecule has 15 heavy (non-hydrogen) atoms. The molecule has 2 amide bonds. The van der Waals surface area contributed by atoms with Gasteiger partial charge in [0.1, 0.15) is 0 Å². The van der Waals surface area contributed by atoms with Crippen LogP contribution in [0.2, 0.25) is 0 Å². The lowest BCUT2D eigenvalue weighted by molar-refractivity contribution is -0.169. The zero-order valence-corrected chi connectivity index (χ0v) is 7.88. The van der Waals surface area contributed by atoms with E-state index in [0.29, 0.717) is 12.0 Å². The van der Waals surface area contributed by atoms with Crippen molar-refractivity contribution >= 4 is 11.8 Å². The number of rotatable bonds is 2. The first kappa shape index (κ1) is 9.61. The minimum absolute atomic E-state index is 0.137. The molecule has 0 aliphatic carbocycles. The Morgan fingerprint density at radius 3 is 2.33 bits per heavy atom. The van der Waals surface area contributed by atoms with Gasteiger partial charge in [-0.2, -0.15) is 0 Å². The summed E-state index contributed by atoms with van der Waals surface area (Å²) in [6.07, 6.45) is 1.53. The van der Waals surface area contributed by atoms with Crippen LogP contribution in [0.4, 0.5) is 0 Å². The van der Waals surface area contributed by atoms with E-state index in [4.69, 9.17) is 5.21 Å². The summed E-state index contributed by atoms with van der Waals surface area (Å²) in [4.78, 5) is 22.3. The molecule has 2 rings (SSSR count). The van der Waals surface area contributed by atoms with E-state index in [1.165, 1.54) is 0 Å². The Hall–Kier alpha value is -1.94. The van der Waals surface area contributed by atoms with Crippen LogP contribution in [0, 0.1) is 0 Å². The molecule has 0 unspecified atom stereocenters. The lowest BCUT2D eigenvalue weighted by Crippen LogP contribution is -2.27. The van der Waals surface area contributed by atoms with Crippen LogP contribution in [-0.2, 0) is 16.0 Å². The monoisotopic (exact) mass is 203 g/mol. The zero-order chi connectivity index (χ0) is 10.8. The smallest absolute Gasteiger partial charge is 0.278 e. The molecule has 1 N–H and O–H groups in total. The lowest BCUT2D eigenvalue weighted by atomic mass is 10.1. The van der Waals surface area contributed by atoms with Gasteiger partial charge in [-0.3, -0.25) is 14.8 Å². The third-order valence-electron chi connectivity index (χ3n) is 2.21. The summed E-state index contributed by atoms with van der Waals surface area (Å²) in [6.45, 7) is 0. The van der Waals surface area contributed by atoms with Gasteiger partial charge in [0, 0.05) is 18.1 Å². The molecule has 76 valence electrons. The molecule has 0 bridgehead atoms. The molecule has 0 radical (unpaired) electrons. The minimum atomic E-state index is -0.675. The Bertz CT molecular complexity index is 436. The number of carbonyl (C=O) groups is 2. The third kappa shape index (κ3) is 1.80. The van der Waals surface area contributed by atoms with Crippen molar-refractivity contribution in [3.05, 3.63) is 47.5 Å². The number of hydrogen-bond acceptors (Lipinski definition) is 3. The average molecular weight is 203 g/mol. The van der Waals surface area contributed by atoms with Crippen LogP contribution < -0.4 is 0 Å². The van der Waals surface area contributed by atoms with E-state index in [9.17, 15) is 9.59 Å². The molecule has 0 saturated carbocycles. The molecule has 0 saturated heterocycles. The molecule has 0 atom stereocenters. The van der Waals surface area contributed by atoms with Gasteiger partial charge in [-0.15, -0.1) is 5.06 Å². The van der Waals surface area contributed by atoms with Crippen molar-refractivity contribution in [3.8, 4) is 0 Å². The molecule has 0 aromatic heterocycles. The van der Waals surface area contributed by atoms with Crippen LogP contribution in [0.15, 0.2) is 42.0 Å². The topological polar surface area (TPSA) is 57.6 Å². The fourth-order valence-corrected chi connectivity index (χ4v) is 1.45. The minimum Gasteiger partial charge on any atom is -0.278 e. The van der Waals surface area contributed by atoms with Gasteiger partial charge in [-0.1, -0.05) is 30.3 Å². The summed E-state index contributed by atoms with van der Waals surface area (Å²) in [5.41, 5.74) is 1.24. The van der Waals surface area contributed by atoms with Gasteiger partial charge in [0.15, 0.2) is 0 Å². The molecule has 4 heteroatoms. The summed E-state index contributed by atoms with van der Waals surface area (Å²) in [5, 5.41) is 9.13. The van der Waals surface area contributed by atoms with Crippen LogP contribution >= 0.6 is 0 Å². The number of benzene rings is 1. The number of amides is 2. The van der Waals surface area contributed by atoms with Crippen molar-refractivity contribution in [2.24, 2.45) is 0 Å². The van der Waals surface area contributed by atoms with Gasteiger partial charge in [0.2, 0.25) is 0 Å². The first-order chi connectivity index (χ1) is 7.18. The van der Waals surface area contributed by atoms with Gasteiger partial charge in [-0.05, 0) is 5.56 Å². The highest BCUT2D eigenvalue weighted by Gasteiger charge is 2.29. The van der Waals surface area contributed by atoms with Crippen molar-refractivity contribution in [1.82, 2.24) is 5.06 Å². The average Bonchev–Trinajstić information content (AvgIpc) is 2.48. The molecular weight excluding hydrogens is 194 g/mol. The van der Waals surface area contributed by atoms with Crippen LogP contribution in [0.1, 0.15) is 5.56 Å². The number of imide groups is 1. The van der Waals surface area contributed by atoms with Gasteiger partial charge in [0.05, 0.1) is 0 Å². The molecular formula is C11H9NO3. The summed E-state index contributed by atoms with van der Waals surface area (Å²) in [7, 11) is 0. The highest BCUT2D eigenvalue weighted by molar-refractivity contribution is 6.15. The Kier molecular flexibility index (Phi) is 2.35. The van der Waals surface area contributed by atoms with Gasteiger partial charge < -0.3 is 0 Å². The van der Waals surface area contributed by atoms with Crippen molar-refractivity contribution in [2.45, 2.75) is 6.42 Å². The maximum absolute atomic E-state index is 11.3. The maximum Gasteiger partial charge on any atom is 0.281 e. The van der Waals surface area contributed by atoms with Gasteiger partial charge in [0.25, 0.3) is 11.8 Å². The van der Waals surface area contributed by atoms with E-state index in [2.05, 4.69) is 0 Å².